The molecule has 0 atom stereocenters. The van der Waals surface area contributed by atoms with Crippen LogP contribution in [0.4, 0.5) is 4.79 Å². The number of urea groups is 1. The SMILES string of the molecule is COCCCNC(=O)NCCOc1ccc2ncccc2c1. The first-order valence-corrected chi connectivity index (χ1v) is 7.28. The maximum absolute atomic E-state index is 11.5. The van der Waals surface area contributed by atoms with Crippen molar-refractivity contribution in [3.8, 4) is 5.75 Å². The summed E-state index contributed by atoms with van der Waals surface area (Å²) in [6, 6.07) is 9.42. The summed E-state index contributed by atoms with van der Waals surface area (Å²) < 4.78 is 10.5. The van der Waals surface area contributed by atoms with Gasteiger partial charge in [0.15, 0.2) is 0 Å². The molecule has 0 aliphatic heterocycles. The highest BCUT2D eigenvalue weighted by molar-refractivity contribution is 5.79. The zero-order valence-electron chi connectivity index (χ0n) is 12.7. The van der Waals surface area contributed by atoms with E-state index < -0.39 is 0 Å². The van der Waals surface area contributed by atoms with Crippen LogP contribution in [0.25, 0.3) is 10.9 Å². The Morgan fingerprint density at radius 1 is 1.18 bits per heavy atom. The standard InChI is InChI=1S/C16H21N3O3/c1-21-10-3-8-18-16(20)19-9-11-22-14-5-6-15-13(12-14)4-2-7-17-15/h2,4-7,12H,3,8-11H2,1H3,(H2,18,19,20). The molecule has 2 amide bonds. The molecule has 1 aromatic heterocycles. The van der Waals surface area contributed by atoms with Gasteiger partial charge in [-0.2, -0.15) is 0 Å². The third-order valence-electron chi connectivity index (χ3n) is 3.04. The summed E-state index contributed by atoms with van der Waals surface area (Å²) in [7, 11) is 1.64. The zero-order chi connectivity index (χ0) is 15.6. The van der Waals surface area contributed by atoms with Crippen LogP contribution in [-0.4, -0.2) is 44.4 Å². The number of fused-ring (bicyclic) bond motifs is 1. The molecule has 0 fully saturated rings. The normalized spacial score (nSPS) is 10.4. The molecule has 0 radical (unpaired) electrons. The van der Waals surface area contributed by atoms with Gasteiger partial charge in [-0.05, 0) is 30.7 Å². The van der Waals surface area contributed by atoms with Crippen molar-refractivity contribution in [3.05, 3.63) is 36.5 Å². The van der Waals surface area contributed by atoms with Crippen LogP contribution in [0, 0.1) is 0 Å². The van der Waals surface area contributed by atoms with Gasteiger partial charge in [0.2, 0.25) is 0 Å². The van der Waals surface area contributed by atoms with Crippen molar-refractivity contribution in [3.63, 3.8) is 0 Å². The first-order valence-electron chi connectivity index (χ1n) is 7.28. The average Bonchev–Trinajstić information content (AvgIpc) is 2.55. The summed E-state index contributed by atoms with van der Waals surface area (Å²) in [5.74, 6) is 0.766. The molecule has 0 saturated carbocycles. The monoisotopic (exact) mass is 303 g/mol. The fourth-order valence-corrected chi connectivity index (χ4v) is 1.96. The number of aromatic nitrogens is 1. The fourth-order valence-electron chi connectivity index (χ4n) is 1.96. The number of hydrogen-bond acceptors (Lipinski definition) is 4. The van der Waals surface area contributed by atoms with E-state index in [1.165, 1.54) is 0 Å². The summed E-state index contributed by atoms with van der Waals surface area (Å²) in [5.41, 5.74) is 0.934. The molecule has 2 N–H and O–H groups in total. The molecular weight excluding hydrogens is 282 g/mol. The van der Waals surface area contributed by atoms with E-state index in [1.807, 2.05) is 30.3 Å². The van der Waals surface area contributed by atoms with Crippen LogP contribution in [0.5, 0.6) is 5.75 Å². The van der Waals surface area contributed by atoms with Crippen LogP contribution in [-0.2, 0) is 4.74 Å². The van der Waals surface area contributed by atoms with E-state index in [9.17, 15) is 4.79 Å². The van der Waals surface area contributed by atoms with Crippen LogP contribution < -0.4 is 15.4 Å². The molecule has 1 aromatic carbocycles. The maximum atomic E-state index is 11.5. The van der Waals surface area contributed by atoms with Crippen LogP contribution in [0.3, 0.4) is 0 Å². The number of nitrogens with zero attached hydrogens (tertiary/aromatic N) is 1. The number of amides is 2. The second-order valence-electron chi connectivity index (χ2n) is 4.74. The Balaban J connectivity index is 1.66. The number of nitrogens with one attached hydrogen (secondary N) is 2. The summed E-state index contributed by atoms with van der Waals surface area (Å²) >= 11 is 0. The van der Waals surface area contributed by atoms with E-state index in [1.54, 1.807) is 13.3 Å². The largest absolute Gasteiger partial charge is 0.492 e. The van der Waals surface area contributed by atoms with Gasteiger partial charge < -0.3 is 20.1 Å². The smallest absolute Gasteiger partial charge is 0.314 e. The Morgan fingerprint density at radius 2 is 2.05 bits per heavy atom. The predicted molar refractivity (Wildman–Crippen MR) is 85.1 cm³/mol. The van der Waals surface area contributed by atoms with Crippen molar-refractivity contribution >= 4 is 16.9 Å². The van der Waals surface area contributed by atoms with Crippen LogP contribution in [0.2, 0.25) is 0 Å². The van der Waals surface area contributed by atoms with Crippen molar-refractivity contribution < 1.29 is 14.3 Å². The lowest BCUT2D eigenvalue weighted by atomic mass is 10.2. The number of ether oxygens (including phenoxy) is 2. The number of carbonyl (C=O) groups is 1. The lowest BCUT2D eigenvalue weighted by molar-refractivity contribution is 0.193. The van der Waals surface area contributed by atoms with Crippen molar-refractivity contribution in [1.29, 1.82) is 0 Å². The van der Waals surface area contributed by atoms with Gasteiger partial charge in [0, 0.05) is 31.8 Å². The zero-order valence-corrected chi connectivity index (χ0v) is 12.7. The molecule has 0 bridgehead atoms. The van der Waals surface area contributed by atoms with Crippen LogP contribution in [0.1, 0.15) is 6.42 Å². The van der Waals surface area contributed by atoms with Crippen molar-refractivity contribution in [2.75, 3.05) is 33.4 Å². The van der Waals surface area contributed by atoms with E-state index in [4.69, 9.17) is 9.47 Å². The van der Waals surface area contributed by atoms with Gasteiger partial charge in [0.05, 0.1) is 12.1 Å². The fraction of sp³-hybridized carbons (Fsp3) is 0.375. The van der Waals surface area contributed by atoms with Gasteiger partial charge in [-0.1, -0.05) is 6.07 Å². The van der Waals surface area contributed by atoms with Gasteiger partial charge in [0.1, 0.15) is 12.4 Å². The maximum Gasteiger partial charge on any atom is 0.314 e. The highest BCUT2D eigenvalue weighted by atomic mass is 16.5. The Bertz CT molecular complexity index is 604. The number of pyridine rings is 1. The minimum absolute atomic E-state index is 0.192. The Kier molecular flexibility index (Phi) is 6.44. The molecule has 0 aliphatic rings. The molecule has 118 valence electrons. The van der Waals surface area contributed by atoms with Crippen molar-refractivity contribution in [1.82, 2.24) is 15.6 Å². The van der Waals surface area contributed by atoms with Crippen molar-refractivity contribution in [2.24, 2.45) is 0 Å². The molecule has 0 unspecified atom stereocenters. The number of benzene rings is 1. The third kappa shape index (κ3) is 5.21. The average molecular weight is 303 g/mol. The summed E-state index contributed by atoms with van der Waals surface area (Å²) in [5, 5.41) is 6.52. The van der Waals surface area contributed by atoms with E-state index in [0.717, 1.165) is 23.1 Å². The van der Waals surface area contributed by atoms with E-state index in [2.05, 4.69) is 15.6 Å². The first kappa shape index (κ1) is 16.0. The lowest BCUT2D eigenvalue weighted by Crippen LogP contribution is -2.38. The van der Waals surface area contributed by atoms with Gasteiger partial charge >= 0.3 is 6.03 Å². The number of carbonyl (C=O) groups excluding carboxylic acids is 1. The Hall–Kier alpha value is -2.34. The summed E-state index contributed by atoms with van der Waals surface area (Å²) in [6.45, 7) is 2.09. The third-order valence-corrected chi connectivity index (χ3v) is 3.04. The van der Waals surface area contributed by atoms with E-state index in [0.29, 0.717) is 26.3 Å². The molecule has 0 spiro atoms. The number of rotatable bonds is 8. The van der Waals surface area contributed by atoms with E-state index >= 15 is 0 Å². The topological polar surface area (TPSA) is 72.5 Å². The van der Waals surface area contributed by atoms with Crippen molar-refractivity contribution in [2.45, 2.75) is 6.42 Å². The van der Waals surface area contributed by atoms with Crippen LogP contribution >= 0.6 is 0 Å². The predicted octanol–water partition coefficient (Wildman–Crippen LogP) is 1.95. The molecule has 6 nitrogen and oxygen atoms in total. The van der Waals surface area contributed by atoms with Crippen LogP contribution in [0.15, 0.2) is 36.5 Å². The van der Waals surface area contributed by atoms with Gasteiger partial charge in [-0.3, -0.25) is 4.98 Å². The summed E-state index contributed by atoms with van der Waals surface area (Å²) in [6.07, 6.45) is 2.56. The molecule has 2 aromatic rings. The van der Waals surface area contributed by atoms with Gasteiger partial charge in [-0.15, -0.1) is 0 Å². The molecule has 1 heterocycles. The Labute approximate surface area is 129 Å². The minimum atomic E-state index is -0.192. The first-order chi connectivity index (χ1) is 10.8. The molecule has 0 saturated heterocycles. The number of hydrogen-bond donors (Lipinski definition) is 2. The quantitative estimate of drug-likeness (QED) is 0.731. The molecule has 6 heteroatoms. The van der Waals surface area contributed by atoms with Gasteiger partial charge in [-0.25, -0.2) is 4.79 Å². The molecule has 2 rings (SSSR count). The minimum Gasteiger partial charge on any atom is -0.492 e. The second-order valence-corrected chi connectivity index (χ2v) is 4.74. The lowest BCUT2D eigenvalue weighted by Gasteiger charge is -2.09. The molecule has 0 aliphatic carbocycles. The Morgan fingerprint density at radius 3 is 2.91 bits per heavy atom. The van der Waals surface area contributed by atoms with E-state index in [-0.39, 0.29) is 6.03 Å². The molecular formula is C16H21N3O3. The second kappa shape index (κ2) is 8.84. The van der Waals surface area contributed by atoms with Gasteiger partial charge in [0.25, 0.3) is 0 Å². The molecule has 22 heavy (non-hydrogen) atoms. The number of methoxy groups -OCH3 is 1. The highest BCUT2D eigenvalue weighted by Gasteiger charge is 2.00. The summed E-state index contributed by atoms with van der Waals surface area (Å²) in [4.78, 5) is 15.7. The highest BCUT2D eigenvalue weighted by Crippen LogP contribution is 2.18.